The van der Waals surface area contributed by atoms with Gasteiger partial charge in [0, 0.05) is 24.3 Å². The number of carboxylic acid groups (broad SMARTS) is 3. The van der Waals surface area contributed by atoms with Gasteiger partial charge in [-0.25, -0.2) is 19.2 Å². The Balaban J connectivity index is -0.0000000891. The third-order valence-electron chi connectivity index (χ3n) is 1.85. The molecule has 0 radical (unpaired) electrons. The summed E-state index contributed by atoms with van der Waals surface area (Å²) in [5.74, 6) is -3.27. The number of carboxylic acids is 3. The second kappa shape index (κ2) is 33.3. The first kappa shape index (κ1) is 37.5. The summed E-state index contributed by atoms with van der Waals surface area (Å²) in [5, 5.41) is 46.8. The quantitative estimate of drug-likeness (QED) is 0.168. The second-order valence-electron chi connectivity index (χ2n) is 4.37. The maximum atomic E-state index is 10.3. The van der Waals surface area contributed by atoms with Gasteiger partial charge in [0.25, 0.3) is 0 Å². The van der Waals surface area contributed by atoms with E-state index in [1.54, 1.807) is 0 Å². The van der Waals surface area contributed by atoms with Crippen LogP contribution in [0, 0.1) is 0 Å². The van der Waals surface area contributed by atoms with Crippen LogP contribution in [0.4, 0.5) is 0 Å². The lowest BCUT2D eigenvalue weighted by atomic mass is 10.4. The van der Waals surface area contributed by atoms with Gasteiger partial charge in [-0.1, -0.05) is 39.7 Å². The van der Waals surface area contributed by atoms with Crippen LogP contribution < -0.4 is 0 Å². The van der Waals surface area contributed by atoms with Gasteiger partial charge in [0.1, 0.15) is 6.10 Å². The molecule has 11 heteroatoms. The van der Waals surface area contributed by atoms with Gasteiger partial charge in [-0.3, -0.25) is 0 Å². The first-order chi connectivity index (χ1) is 13.9. The Labute approximate surface area is 175 Å². The van der Waals surface area contributed by atoms with Crippen molar-refractivity contribution in [3.63, 3.8) is 0 Å². The summed E-state index contributed by atoms with van der Waals surface area (Å²) in [6.07, 6.45) is 4.70. The number of carbonyl (C=O) groups excluding carboxylic acids is 1. The summed E-state index contributed by atoms with van der Waals surface area (Å²) < 4.78 is 4.67. The Bertz CT molecular complexity index is 452. The fourth-order valence-electron chi connectivity index (χ4n) is 0.434. The molecule has 0 aliphatic heterocycles. The van der Waals surface area contributed by atoms with Gasteiger partial charge in [-0.05, 0) is 6.42 Å². The summed E-state index contributed by atoms with van der Waals surface area (Å²) in [6, 6.07) is 0. The molecule has 6 N–H and O–H groups in total. The predicted octanol–water partition coefficient (Wildman–Crippen LogP) is 0.619. The Kier molecular flexibility index (Phi) is 41.6. The Morgan fingerprint density at radius 1 is 0.800 bits per heavy atom. The molecule has 0 aliphatic carbocycles. The predicted molar refractivity (Wildman–Crippen MR) is 110 cm³/mol. The van der Waals surface area contributed by atoms with E-state index in [-0.39, 0.29) is 19.2 Å². The van der Waals surface area contributed by atoms with E-state index >= 15 is 0 Å². The zero-order valence-electron chi connectivity index (χ0n) is 17.0. The molecule has 0 aliphatic rings. The number of aliphatic hydroxyl groups excluding tert-OH is 3. The minimum absolute atomic E-state index is 0.330. The number of hydrogen-bond donors (Lipinski definition) is 6. The van der Waals surface area contributed by atoms with Crippen molar-refractivity contribution in [1.82, 2.24) is 0 Å². The van der Waals surface area contributed by atoms with Crippen LogP contribution in [0.2, 0.25) is 0 Å². The molecular formula is C19H32O11. The summed E-state index contributed by atoms with van der Waals surface area (Å²) in [7, 11) is 0. The Morgan fingerprint density at radius 3 is 1.23 bits per heavy atom. The molecule has 0 amide bonds. The number of ether oxygens (including phenoxy) is 1. The minimum Gasteiger partial charge on any atom is -0.478 e. The van der Waals surface area contributed by atoms with Crippen LogP contribution in [0.15, 0.2) is 50.6 Å². The van der Waals surface area contributed by atoms with Crippen LogP contribution in [-0.4, -0.2) is 80.4 Å². The molecule has 0 heterocycles. The number of esters is 1. The van der Waals surface area contributed by atoms with E-state index in [0.717, 1.165) is 31.1 Å². The highest BCUT2D eigenvalue weighted by Gasteiger charge is 1.93. The Hall–Kier alpha value is -3.28. The highest BCUT2D eigenvalue weighted by molar-refractivity contribution is 5.81. The maximum Gasteiger partial charge on any atom is 0.330 e. The number of aliphatic carboxylic acids is 3. The van der Waals surface area contributed by atoms with E-state index in [2.05, 4.69) is 31.1 Å². The molecular weight excluding hydrogens is 404 g/mol. The maximum absolute atomic E-state index is 10.3. The third-order valence-corrected chi connectivity index (χ3v) is 1.85. The standard InChI is InChI=1S/C7H12O2.C3H8O3.3C3H4O2/c1-3-5-6-9-7(8)4-2;4-1-3(6)2-5;3*1-2-3(4)5/h4H,2-3,5-6H2,1H3;3-6H,1-2H2;3*2H,1H2,(H,4,5). The lowest BCUT2D eigenvalue weighted by Crippen LogP contribution is -2.15. The zero-order valence-corrected chi connectivity index (χ0v) is 17.0. The largest absolute Gasteiger partial charge is 0.478 e. The molecule has 0 aromatic carbocycles. The molecule has 11 nitrogen and oxygen atoms in total. The number of rotatable bonds is 9. The van der Waals surface area contributed by atoms with Crippen molar-refractivity contribution >= 4 is 23.9 Å². The van der Waals surface area contributed by atoms with Gasteiger partial charge in [0.2, 0.25) is 0 Å². The van der Waals surface area contributed by atoms with Crippen molar-refractivity contribution in [3.05, 3.63) is 50.6 Å². The van der Waals surface area contributed by atoms with Crippen LogP contribution in [0.25, 0.3) is 0 Å². The molecule has 0 aromatic rings. The van der Waals surface area contributed by atoms with Crippen molar-refractivity contribution < 1.29 is 54.6 Å². The monoisotopic (exact) mass is 436 g/mol. The summed E-state index contributed by atoms with van der Waals surface area (Å²) >= 11 is 0. The number of aliphatic hydroxyl groups is 3. The van der Waals surface area contributed by atoms with Gasteiger partial charge < -0.3 is 35.4 Å². The first-order valence-corrected chi connectivity index (χ1v) is 8.18. The molecule has 0 rings (SSSR count). The summed E-state index contributed by atoms with van der Waals surface area (Å²) in [6.45, 7) is 14.0. The molecule has 0 saturated carbocycles. The highest BCUT2D eigenvalue weighted by atomic mass is 16.5. The van der Waals surface area contributed by atoms with E-state index < -0.39 is 24.0 Å². The molecule has 0 spiro atoms. The zero-order chi connectivity index (χ0) is 25.0. The van der Waals surface area contributed by atoms with Crippen LogP contribution in [0.3, 0.4) is 0 Å². The summed E-state index contributed by atoms with van der Waals surface area (Å²) in [5.41, 5.74) is 0. The van der Waals surface area contributed by atoms with E-state index in [9.17, 15) is 19.2 Å². The van der Waals surface area contributed by atoms with Crippen LogP contribution in [0.1, 0.15) is 19.8 Å². The van der Waals surface area contributed by atoms with Gasteiger partial charge in [-0.2, -0.15) is 0 Å². The van der Waals surface area contributed by atoms with Gasteiger partial charge in [0.15, 0.2) is 0 Å². The molecule has 0 bridgehead atoms. The number of unbranched alkanes of at least 4 members (excludes halogenated alkanes) is 1. The van der Waals surface area contributed by atoms with Crippen molar-refractivity contribution in [2.75, 3.05) is 19.8 Å². The molecule has 0 atom stereocenters. The van der Waals surface area contributed by atoms with E-state index in [4.69, 9.17) is 30.6 Å². The molecule has 30 heavy (non-hydrogen) atoms. The number of carbonyl (C=O) groups is 4. The molecule has 0 unspecified atom stereocenters. The lowest BCUT2D eigenvalue weighted by Gasteiger charge is -1.97. The third kappa shape index (κ3) is 73.9. The molecule has 0 aromatic heterocycles. The van der Waals surface area contributed by atoms with Crippen molar-refractivity contribution in [2.24, 2.45) is 0 Å². The highest BCUT2D eigenvalue weighted by Crippen LogP contribution is 1.88. The van der Waals surface area contributed by atoms with E-state index in [1.807, 2.05) is 6.92 Å². The topological polar surface area (TPSA) is 199 Å². The van der Waals surface area contributed by atoms with E-state index in [1.165, 1.54) is 6.08 Å². The van der Waals surface area contributed by atoms with Crippen LogP contribution >= 0.6 is 0 Å². The average Bonchev–Trinajstić information content (AvgIpc) is 2.74. The smallest absolute Gasteiger partial charge is 0.330 e. The van der Waals surface area contributed by atoms with Crippen LogP contribution in [-0.2, 0) is 23.9 Å². The average molecular weight is 436 g/mol. The lowest BCUT2D eigenvalue weighted by molar-refractivity contribution is -0.138. The molecule has 174 valence electrons. The normalized spacial score (nSPS) is 7.77. The van der Waals surface area contributed by atoms with Crippen molar-refractivity contribution in [1.29, 1.82) is 0 Å². The fraction of sp³-hybridized carbons (Fsp3) is 0.368. The molecule has 0 saturated heterocycles. The second-order valence-corrected chi connectivity index (χ2v) is 4.37. The number of hydrogen-bond acceptors (Lipinski definition) is 8. The Morgan fingerprint density at radius 2 is 1.10 bits per heavy atom. The molecule has 0 fully saturated rings. The summed E-state index contributed by atoms with van der Waals surface area (Å²) in [4.78, 5) is 38.1. The van der Waals surface area contributed by atoms with Crippen molar-refractivity contribution in [3.8, 4) is 0 Å². The van der Waals surface area contributed by atoms with Crippen molar-refractivity contribution in [2.45, 2.75) is 25.9 Å². The fourth-order valence-corrected chi connectivity index (χ4v) is 0.434. The van der Waals surface area contributed by atoms with Gasteiger partial charge in [-0.15, -0.1) is 0 Å². The van der Waals surface area contributed by atoms with Crippen LogP contribution in [0.5, 0.6) is 0 Å². The van der Waals surface area contributed by atoms with Gasteiger partial charge >= 0.3 is 23.9 Å². The van der Waals surface area contributed by atoms with Gasteiger partial charge in [0.05, 0.1) is 19.8 Å². The van der Waals surface area contributed by atoms with E-state index in [0.29, 0.717) is 6.61 Å². The first-order valence-electron chi connectivity index (χ1n) is 8.18. The SMILES string of the molecule is C=CC(=O)O.C=CC(=O)O.C=CC(=O)O.C=CC(=O)OCCCC.OCC(O)CO. The minimum atomic E-state index is -0.981.